The molecule has 0 spiro atoms. The average molecular weight is 204 g/mol. The Kier molecular flexibility index (Phi) is 3.08. The van der Waals surface area contributed by atoms with Crippen LogP contribution in [0, 0.1) is 0 Å². The molecule has 0 bridgehead atoms. The molecule has 1 unspecified atom stereocenters. The molecule has 1 heterocycles. The molecule has 15 heavy (non-hydrogen) atoms. The first-order chi connectivity index (χ1) is 7.27. The largest absolute Gasteiger partial charge is 0.303 e. The highest BCUT2D eigenvalue weighted by atomic mass is 15.2. The van der Waals surface area contributed by atoms with E-state index in [2.05, 4.69) is 54.5 Å². The zero-order valence-electron chi connectivity index (χ0n) is 9.66. The normalized spacial score (nSPS) is 27.9. The number of rotatable bonds is 2. The van der Waals surface area contributed by atoms with E-state index in [4.69, 9.17) is 0 Å². The monoisotopic (exact) mass is 204 g/mol. The molecule has 2 rings (SSSR count). The van der Waals surface area contributed by atoms with E-state index in [9.17, 15) is 0 Å². The zero-order valence-corrected chi connectivity index (χ0v) is 9.66. The summed E-state index contributed by atoms with van der Waals surface area (Å²) in [4.78, 5) is 2.36. The maximum absolute atomic E-state index is 3.50. The molecule has 1 aromatic carbocycles. The minimum absolute atomic E-state index is 0.300. The average Bonchev–Trinajstić information content (AvgIpc) is 2.30. The van der Waals surface area contributed by atoms with Gasteiger partial charge in [-0.15, -0.1) is 0 Å². The molecular formula is C13H20N2. The van der Waals surface area contributed by atoms with Gasteiger partial charge in [-0.05, 0) is 19.0 Å². The van der Waals surface area contributed by atoms with Gasteiger partial charge in [-0.1, -0.05) is 37.3 Å². The van der Waals surface area contributed by atoms with Crippen molar-refractivity contribution in [2.75, 3.05) is 26.8 Å². The van der Waals surface area contributed by atoms with Crippen LogP contribution in [0.5, 0.6) is 0 Å². The number of nitrogens with zero attached hydrogens (tertiary/aromatic N) is 1. The fourth-order valence-corrected chi connectivity index (χ4v) is 2.54. The molecule has 0 radical (unpaired) electrons. The Bertz CT molecular complexity index is 310. The predicted octanol–water partition coefficient (Wildman–Crippen LogP) is 1.83. The summed E-state index contributed by atoms with van der Waals surface area (Å²) in [5.41, 5.74) is 1.76. The molecule has 1 aromatic rings. The Balaban J connectivity index is 2.28. The molecule has 1 atom stereocenters. The van der Waals surface area contributed by atoms with Crippen LogP contribution in [0.15, 0.2) is 30.3 Å². The summed E-state index contributed by atoms with van der Waals surface area (Å²) in [5.74, 6) is 0. The van der Waals surface area contributed by atoms with Crippen LogP contribution >= 0.6 is 0 Å². The predicted molar refractivity (Wildman–Crippen MR) is 63.9 cm³/mol. The molecule has 1 aliphatic rings. The van der Waals surface area contributed by atoms with Crippen molar-refractivity contribution in [2.24, 2.45) is 0 Å². The number of benzene rings is 1. The third-order valence-electron chi connectivity index (χ3n) is 3.48. The Hall–Kier alpha value is -0.860. The summed E-state index contributed by atoms with van der Waals surface area (Å²) in [6.07, 6.45) is 1.19. The van der Waals surface area contributed by atoms with Gasteiger partial charge < -0.3 is 5.32 Å². The Labute approximate surface area is 92.3 Å². The van der Waals surface area contributed by atoms with E-state index in [1.807, 2.05) is 0 Å². The summed E-state index contributed by atoms with van der Waals surface area (Å²) in [5, 5.41) is 3.50. The van der Waals surface area contributed by atoms with Gasteiger partial charge in [-0.2, -0.15) is 0 Å². The summed E-state index contributed by atoms with van der Waals surface area (Å²) < 4.78 is 0. The summed E-state index contributed by atoms with van der Waals surface area (Å²) in [6, 6.07) is 10.9. The highest BCUT2D eigenvalue weighted by Crippen LogP contribution is 2.29. The molecule has 0 saturated carbocycles. The van der Waals surface area contributed by atoms with Crippen molar-refractivity contribution in [1.29, 1.82) is 0 Å². The van der Waals surface area contributed by atoms with Crippen LogP contribution in [-0.2, 0) is 5.41 Å². The lowest BCUT2D eigenvalue weighted by molar-refractivity contribution is 0.165. The van der Waals surface area contributed by atoms with Crippen molar-refractivity contribution in [2.45, 2.75) is 18.8 Å². The molecule has 0 aromatic heterocycles. The number of hydrogen-bond acceptors (Lipinski definition) is 2. The second-order valence-electron chi connectivity index (χ2n) is 4.60. The summed E-state index contributed by atoms with van der Waals surface area (Å²) in [6.45, 7) is 5.54. The smallest absolute Gasteiger partial charge is 0.0478 e. The molecule has 2 heteroatoms. The third kappa shape index (κ3) is 2.06. The maximum atomic E-state index is 3.50. The van der Waals surface area contributed by atoms with Crippen LogP contribution in [0.2, 0.25) is 0 Å². The molecular weight excluding hydrogens is 184 g/mol. The summed E-state index contributed by atoms with van der Waals surface area (Å²) >= 11 is 0. The third-order valence-corrected chi connectivity index (χ3v) is 3.48. The maximum Gasteiger partial charge on any atom is 0.0478 e. The van der Waals surface area contributed by atoms with E-state index in [1.165, 1.54) is 12.0 Å². The van der Waals surface area contributed by atoms with Gasteiger partial charge in [0.05, 0.1) is 0 Å². The van der Waals surface area contributed by atoms with Gasteiger partial charge in [-0.3, -0.25) is 4.90 Å². The number of likely N-dealkylation sites (N-methyl/N-ethyl adjacent to an activating group) is 1. The van der Waals surface area contributed by atoms with E-state index in [0.29, 0.717) is 5.41 Å². The van der Waals surface area contributed by atoms with Gasteiger partial charge in [0.15, 0.2) is 0 Å². The molecule has 1 saturated heterocycles. The van der Waals surface area contributed by atoms with E-state index < -0.39 is 0 Å². The van der Waals surface area contributed by atoms with E-state index in [1.54, 1.807) is 0 Å². The van der Waals surface area contributed by atoms with Crippen LogP contribution < -0.4 is 5.32 Å². The van der Waals surface area contributed by atoms with Crippen LogP contribution in [0.25, 0.3) is 0 Å². The van der Waals surface area contributed by atoms with Crippen molar-refractivity contribution in [1.82, 2.24) is 10.2 Å². The van der Waals surface area contributed by atoms with E-state index in [0.717, 1.165) is 19.8 Å². The van der Waals surface area contributed by atoms with Crippen molar-refractivity contribution >= 4 is 0 Å². The molecule has 1 N–H and O–H groups in total. The molecule has 82 valence electrons. The highest BCUT2D eigenvalue weighted by molar-refractivity contribution is 5.27. The van der Waals surface area contributed by atoms with Gasteiger partial charge >= 0.3 is 0 Å². The molecule has 1 aliphatic heterocycles. The molecule has 2 nitrogen and oxygen atoms in total. The lowest BCUT2D eigenvalue weighted by atomic mass is 9.76. The number of nitrogens with one attached hydrogen (secondary N) is 1. The van der Waals surface area contributed by atoms with Crippen molar-refractivity contribution in [3.63, 3.8) is 0 Å². The fourth-order valence-electron chi connectivity index (χ4n) is 2.54. The fraction of sp³-hybridized carbons (Fsp3) is 0.538. The minimum atomic E-state index is 0.300. The van der Waals surface area contributed by atoms with Crippen molar-refractivity contribution < 1.29 is 0 Å². The molecule has 0 amide bonds. The van der Waals surface area contributed by atoms with Gasteiger partial charge in [-0.25, -0.2) is 0 Å². The van der Waals surface area contributed by atoms with Gasteiger partial charge in [0, 0.05) is 25.2 Å². The minimum Gasteiger partial charge on any atom is -0.303 e. The van der Waals surface area contributed by atoms with Crippen LogP contribution in [-0.4, -0.2) is 31.7 Å². The van der Waals surface area contributed by atoms with Crippen molar-refractivity contribution in [3.05, 3.63) is 35.9 Å². The van der Waals surface area contributed by atoms with E-state index in [-0.39, 0.29) is 0 Å². The Morgan fingerprint density at radius 1 is 1.33 bits per heavy atom. The summed E-state index contributed by atoms with van der Waals surface area (Å²) in [7, 11) is 2.18. The topological polar surface area (TPSA) is 15.3 Å². The Morgan fingerprint density at radius 2 is 2.07 bits per heavy atom. The zero-order chi connectivity index (χ0) is 10.7. The highest BCUT2D eigenvalue weighted by Gasteiger charge is 2.33. The van der Waals surface area contributed by atoms with E-state index >= 15 is 0 Å². The second-order valence-corrected chi connectivity index (χ2v) is 4.60. The van der Waals surface area contributed by atoms with Crippen LogP contribution in [0.3, 0.4) is 0 Å². The lowest BCUT2D eigenvalue weighted by Gasteiger charge is -2.42. The second kappa shape index (κ2) is 4.33. The van der Waals surface area contributed by atoms with Gasteiger partial charge in [0.2, 0.25) is 0 Å². The van der Waals surface area contributed by atoms with Crippen LogP contribution in [0.1, 0.15) is 18.9 Å². The standard InChI is InChI=1S/C13H20N2/c1-3-13(9-14-11-15(2)10-13)12-7-5-4-6-8-12/h4-8,14H,3,9-11H2,1-2H3. The van der Waals surface area contributed by atoms with Crippen LogP contribution in [0.4, 0.5) is 0 Å². The van der Waals surface area contributed by atoms with Gasteiger partial charge in [0.25, 0.3) is 0 Å². The lowest BCUT2D eigenvalue weighted by Crippen LogP contribution is -2.54. The SMILES string of the molecule is CCC1(c2ccccc2)CNCN(C)C1. The van der Waals surface area contributed by atoms with Crippen molar-refractivity contribution in [3.8, 4) is 0 Å². The first-order valence-corrected chi connectivity index (χ1v) is 5.72. The number of hydrogen-bond donors (Lipinski definition) is 1. The Morgan fingerprint density at radius 3 is 2.67 bits per heavy atom. The molecule has 1 fully saturated rings. The molecule has 0 aliphatic carbocycles. The first kappa shape index (κ1) is 10.7. The quantitative estimate of drug-likeness (QED) is 0.790. The van der Waals surface area contributed by atoms with Gasteiger partial charge in [0.1, 0.15) is 0 Å². The first-order valence-electron chi connectivity index (χ1n) is 5.72.